The smallest absolute Gasteiger partial charge is 0.203 e. The molecule has 118 valence electrons. The van der Waals surface area contributed by atoms with Gasteiger partial charge in [-0.05, 0) is 30.3 Å². The van der Waals surface area contributed by atoms with Gasteiger partial charge in [-0.15, -0.1) is 11.3 Å². The Hall–Kier alpha value is -2.99. The van der Waals surface area contributed by atoms with Gasteiger partial charge in [0.2, 0.25) is 5.13 Å². The predicted molar refractivity (Wildman–Crippen MR) is 97.0 cm³/mol. The van der Waals surface area contributed by atoms with E-state index in [1.54, 1.807) is 18.3 Å². The Kier molecular flexibility index (Phi) is 3.80. The van der Waals surface area contributed by atoms with Gasteiger partial charge < -0.3 is 4.98 Å². The first-order valence-corrected chi connectivity index (χ1v) is 8.24. The summed E-state index contributed by atoms with van der Waals surface area (Å²) in [5, 5.41) is 7.97. The van der Waals surface area contributed by atoms with E-state index in [1.807, 2.05) is 35.8 Å². The Morgan fingerprint density at radius 3 is 2.83 bits per heavy atom. The molecule has 2 aromatic heterocycles. The van der Waals surface area contributed by atoms with Crippen LogP contribution < -0.4 is 5.43 Å². The number of thiazole rings is 1. The Balaban J connectivity index is 1.49. The third-order valence-electron chi connectivity index (χ3n) is 3.63. The summed E-state index contributed by atoms with van der Waals surface area (Å²) in [5.41, 5.74) is 6.69. The van der Waals surface area contributed by atoms with Crippen molar-refractivity contribution in [1.82, 2.24) is 9.97 Å². The van der Waals surface area contributed by atoms with Crippen LogP contribution in [-0.2, 0) is 0 Å². The molecule has 0 saturated heterocycles. The molecule has 0 fully saturated rings. The molecule has 0 amide bonds. The monoisotopic (exact) mass is 336 g/mol. The Labute approximate surface area is 141 Å². The average molecular weight is 336 g/mol. The Morgan fingerprint density at radius 2 is 1.96 bits per heavy atom. The number of rotatable bonds is 4. The van der Waals surface area contributed by atoms with Crippen molar-refractivity contribution in [3.8, 4) is 11.3 Å². The molecule has 4 rings (SSSR count). The van der Waals surface area contributed by atoms with Gasteiger partial charge in [0.05, 0.1) is 11.9 Å². The summed E-state index contributed by atoms with van der Waals surface area (Å²) in [4.78, 5) is 7.66. The number of anilines is 1. The zero-order valence-corrected chi connectivity index (χ0v) is 13.3. The highest BCUT2D eigenvalue weighted by atomic mass is 32.1. The molecular weight excluding hydrogens is 323 g/mol. The lowest BCUT2D eigenvalue weighted by Crippen LogP contribution is -1.89. The van der Waals surface area contributed by atoms with Crippen LogP contribution in [0.2, 0.25) is 0 Å². The van der Waals surface area contributed by atoms with E-state index in [2.05, 4.69) is 20.5 Å². The average Bonchev–Trinajstić information content (AvgIpc) is 3.23. The van der Waals surface area contributed by atoms with Gasteiger partial charge in [0, 0.05) is 33.6 Å². The van der Waals surface area contributed by atoms with Crippen LogP contribution >= 0.6 is 11.3 Å². The van der Waals surface area contributed by atoms with Gasteiger partial charge in [-0.1, -0.05) is 18.2 Å². The fourth-order valence-electron chi connectivity index (χ4n) is 2.44. The van der Waals surface area contributed by atoms with Gasteiger partial charge in [-0.25, -0.2) is 9.37 Å². The maximum atomic E-state index is 13.0. The quantitative estimate of drug-likeness (QED) is 0.412. The van der Waals surface area contributed by atoms with Gasteiger partial charge in [-0.2, -0.15) is 5.10 Å². The highest BCUT2D eigenvalue weighted by Crippen LogP contribution is 2.25. The van der Waals surface area contributed by atoms with Crippen LogP contribution in [0.3, 0.4) is 0 Å². The molecule has 0 aliphatic rings. The SMILES string of the molecule is Fc1ccc(-c2csc(N/N=C\c3c[nH]c4ccccc34)n2)cc1. The predicted octanol–water partition coefficient (Wildman–Crippen LogP) is 4.88. The summed E-state index contributed by atoms with van der Waals surface area (Å²) in [7, 11) is 0. The largest absolute Gasteiger partial charge is 0.361 e. The lowest BCUT2D eigenvalue weighted by atomic mass is 10.2. The van der Waals surface area contributed by atoms with E-state index < -0.39 is 0 Å². The van der Waals surface area contributed by atoms with E-state index in [-0.39, 0.29) is 5.82 Å². The summed E-state index contributed by atoms with van der Waals surface area (Å²) in [6.07, 6.45) is 3.68. The number of hydrazone groups is 1. The van der Waals surface area contributed by atoms with Crippen LogP contribution in [0.15, 0.2) is 65.2 Å². The van der Waals surface area contributed by atoms with Crippen LogP contribution in [0.25, 0.3) is 22.2 Å². The maximum absolute atomic E-state index is 13.0. The molecule has 0 aliphatic carbocycles. The van der Waals surface area contributed by atoms with Crippen molar-refractivity contribution >= 4 is 33.6 Å². The van der Waals surface area contributed by atoms with Crippen LogP contribution in [-0.4, -0.2) is 16.2 Å². The number of halogens is 1. The first-order valence-electron chi connectivity index (χ1n) is 7.36. The van der Waals surface area contributed by atoms with Crippen molar-refractivity contribution in [3.05, 3.63) is 71.5 Å². The molecule has 0 saturated carbocycles. The molecule has 4 aromatic rings. The molecule has 2 N–H and O–H groups in total. The number of para-hydroxylation sites is 1. The first kappa shape index (κ1) is 14.6. The molecule has 0 spiro atoms. The van der Waals surface area contributed by atoms with Crippen LogP contribution in [0.4, 0.5) is 9.52 Å². The standard InChI is InChI=1S/C18H13FN4S/c19-14-7-5-12(6-8-14)17-11-24-18(22-17)23-21-10-13-9-20-16-4-2-1-3-15(13)16/h1-11,20H,(H,22,23)/b21-10-. The lowest BCUT2D eigenvalue weighted by molar-refractivity contribution is 0.628. The van der Waals surface area contributed by atoms with Crippen LogP contribution in [0.1, 0.15) is 5.56 Å². The minimum absolute atomic E-state index is 0.254. The van der Waals surface area contributed by atoms with Gasteiger partial charge in [0.1, 0.15) is 5.82 Å². The molecule has 2 heterocycles. The summed E-state index contributed by atoms with van der Waals surface area (Å²) in [6, 6.07) is 14.3. The summed E-state index contributed by atoms with van der Waals surface area (Å²) >= 11 is 1.45. The number of benzene rings is 2. The van der Waals surface area contributed by atoms with Gasteiger partial charge >= 0.3 is 0 Å². The Morgan fingerprint density at radius 1 is 1.12 bits per heavy atom. The zero-order valence-electron chi connectivity index (χ0n) is 12.5. The lowest BCUT2D eigenvalue weighted by Gasteiger charge is -1.96. The topological polar surface area (TPSA) is 53.1 Å². The first-order chi connectivity index (χ1) is 11.8. The van der Waals surface area contributed by atoms with E-state index in [1.165, 1.54) is 23.5 Å². The number of hydrogen-bond acceptors (Lipinski definition) is 4. The third kappa shape index (κ3) is 2.91. The molecule has 0 atom stereocenters. The fraction of sp³-hybridized carbons (Fsp3) is 0. The number of aromatic nitrogens is 2. The second-order valence-corrected chi connectivity index (χ2v) is 6.06. The number of nitrogens with one attached hydrogen (secondary N) is 2. The van der Waals surface area contributed by atoms with Gasteiger partial charge in [-0.3, -0.25) is 5.43 Å². The number of aromatic amines is 1. The van der Waals surface area contributed by atoms with Crippen molar-refractivity contribution < 1.29 is 4.39 Å². The second-order valence-electron chi connectivity index (χ2n) is 5.20. The summed E-state index contributed by atoms with van der Waals surface area (Å²) < 4.78 is 13.0. The highest BCUT2D eigenvalue weighted by Gasteiger charge is 2.04. The number of nitrogens with zero attached hydrogens (tertiary/aromatic N) is 2. The third-order valence-corrected chi connectivity index (χ3v) is 4.38. The molecule has 24 heavy (non-hydrogen) atoms. The van der Waals surface area contributed by atoms with Crippen molar-refractivity contribution in [2.45, 2.75) is 0 Å². The van der Waals surface area contributed by atoms with E-state index in [9.17, 15) is 4.39 Å². The maximum Gasteiger partial charge on any atom is 0.203 e. The van der Waals surface area contributed by atoms with E-state index >= 15 is 0 Å². The van der Waals surface area contributed by atoms with Crippen molar-refractivity contribution in [2.24, 2.45) is 5.10 Å². The fourth-order valence-corrected chi connectivity index (χ4v) is 3.10. The van der Waals surface area contributed by atoms with Crippen molar-refractivity contribution in [3.63, 3.8) is 0 Å². The van der Waals surface area contributed by atoms with Gasteiger partial charge in [0.15, 0.2) is 0 Å². The summed E-state index contributed by atoms with van der Waals surface area (Å²) in [6.45, 7) is 0. The van der Waals surface area contributed by atoms with Crippen molar-refractivity contribution in [1.29, 1.82) is 0 Å². The second kappa shape index (κ2) is 6.25. The zero-order chi connectivity index (χ0) is 16.4. The molecule has 0 aliphatic heterocycles. The number of hydrogen-bond donors (Lipinski definition) is 2. The van der Waals surface area contributed by atoms with Crippen molar-refractivity contribution in [2.75, 3.05) is 5.43 Å². The van der Waals surface area contributed by atoms with E-state index in [0.29, 0.717) is 5.13 Å². The molecule has 0 unspecified atom stereocenters. The van der Waals surface area contributed by atoms with Gasteiger partial charge in [0.25, 0.3) is 0 Å². The highest BCUT2D eigenvalue weighted by molar-refractivity contribution is 7.14. The molecule has 2 aromatic carbocycles. The molecule has 4 nitrogen and oxygen atoms in total. The minimum atomic E-state index is -0.254. The Bertz CT molecular complexity index is 1000. The van der Waals surface area contributed by atoms with Crippen LogP contribution in [0, 0.1) is 5.82 Å². The molecule has 0 radical (unpaired) electrons. The van der Waals surface area contributed by atoms with Crippen LogP contribution in [0.5, 0.6) is 0 Å². The summed E-state index contributed by atoms with van der Waals surface area (Å²) in [5.74, 6) is -0.254. The number of H-pyrrole nitrogens is 1. The molecule has 0 bridgehead atoms. The number of fused-ring (bicyclic) bond motifs is 1. The minimum Gasteiger partial charge on any atom is -0.361 e. The normalized spacial score (nSPS) is 11.4. The molecule has 6 heteroatoms. The molecular formula is C18H13FN4S. The van der Waals surface area contributed by atoms with E-state index in [0.717, 1.165) is 27.7 Å². The van der Waals surface area contributed by atoms with E-state index in [4.69, 9.17) is 0 Å².